The molecule has 128 valence electrons. The number of piperazine rings is 1. The summed E-state index contributed by atoms with van der Waals surface area (Å²) in [7, 11) is -4.20. The summed E-state index contributed by atoms with van der Waals surface area (Å²) in [5, 5.41) is 18.9. The normalized spacial score (nSPS) is 17.9. The molecule has 0 spiro atoms. The molecule has 1 unspecified atom stereocenters. The van der Waals surface area contributed by atoms with Crippen LogP contribution in [0, 0.1) is 0 Å². The molecule has 0 aromatic heterocycles. The average Bonchev–Trinajstić information content (AvgIpc) is 2.46. The number of carbonyl (C=O) groups is 1. The number of hydrogen-bond donors (Lipinski definition) is 3. The number of aliphatic hydroxyl groups excluding tert-OH is 1. The lowest BCUT2D eigenvalue weighted by Crippen LogP contribution is -2.51. The number of phenolic OH excluding ortho intramolecular Hbond substituents is 1. The Hall–Kier alpha value is -1.68. The molecule has 0 bridgehead atoms. The maximum absolute atomic E-state index is 12.3. The summed E-state index contributed by atoms with van der Waals surface area (Å²) in [5.74, 6) is -0.734. The van der Waals surface area contributed by atoms with Crippen molar-refractivity contribution in [3.05, 3.63) is 29.8 Å². The molecular formula is C14H20N2O6S. The van der Waals surface area contributed by atoms with Gasteiger partial charge in [-0.2, -0.15) is 8.42 Å². The van der Waals surface area contributed by atoms with Crippen molar-refractivity contribution >= 4 is 16.0 Å². The van der Waals surface area contributed by atoms with Gasteiger partial charge in [0.1, 0.15) is 11.5 Å². The third-order valence-electron chi connectivity index (χ3n) is 3.65. The number of aromatic hydroxyl groups is 1. The highest BCUT2D eigenvalue weighted by Gasteiger charge is 2.24. The fourth-order valence-corrected chi connectivity index (χ4v) is 3.11. The van der Waals surface area contributed by atoms with Crippen molar-refractivity contribution in [3.63, 3.8) is 0 Å². The number of carbonyl (C=O) groups excluding carboxylic acids is 1. The second kappa shape index (κ2) is 7.26. The zero-order chi connectivity index (χ0) is 17.0. The maximum Gasteiger partial charge on any atom is 0.267 e. The largest absolute Gasteiger partial charge is 0.508 e. The third kappa shape index (κ3) is 5.47. The van der Waals surface area contributed by atoms with E-state index in [2.05, 4.69) is 0 Å². The predicted molar refractivity (Wildman–Crippen MR) is 82.9 cm³/mol. The zero-order valence-corrected chi connectivity index (χ0v) is 13.3. The summed E-state index contributed by atoms with van der Waals surface area (Å²) < 4.78 is 30.1. The van der Waals surface area contributed by atoms with Gasteiger partial charge in [0, 0.05) is 38.3 Å². The highest BCUT2D eigenvalue weighted by Crippen LogP contribution is 2.13. The Kier molecular flexibility index (Phi) is 5.58. The topological polar surface area (TPSA) is 118 Å². The molecule has 1 amide bonds. The number of phenols is 1. The van der Waals surface area contributed by atoms with Crippen LogP contribution in [0.4, 0.5) is 0 Å². The summed E-state index contributed by atoms with van der Waals surface area (Å²) in [5.41, 5.74) is 0.489. The lowest BCUT2D eigenvalue weighted by atomic mass is 10.1. The van der Waals surface area contributed by atoms with E-state index < -0.39 is 22.0 Å². The van der Waals surface area contributed by atoms with Crippen molar-refractivity contribution < 1.29 is 28.0 Å². The van der Waals surface area contributed by atoms with Crippen molar-refractivity contribution in [2.45, 2.75) is 6.10 Å². The van der Waals surface area contributed by atoms with Gasteiger partial charge in [-0.1, -0.05) is 0 Å². The highest BCUT2D eigenvalue weighted by molar-refractivity contribution is 7.85. The molecule has 0 aliphatic carbocycles. The minimum absolute atomic E-state index is 0.0965. The molecule has 0 radical (unpaired) electrons. The van der Waals surface area contributed by atoms with Crippen molar-refractivity contribution in [2.24, 2.45) is 0 Å². The Morgan fingerprint density at radius 1 is 1.13 bits per heavy atom. The molecular weight excluding hydrogens is 324 g/mol. The van der Waals surface area contributed by atoms with Crippen LogP contribution >= 0.6 is 0 Å². The van der Waals surface area contributed by atoms with E-state index in [1.807, 2.05) is 4.90 Å². The molecule has 1 aromatic rings. The molecule has 0 saturated carbocycles. The van der Waals surface area contributed by atoms with Gasteiger partial charge < -0.3 is 15.1 Å². The molecule has 2 rings (SSSR count). The number of amides is 1. The van der Waals surface area contributed by atoms with Gasteiger partial charge in [0.25, 0.3) is 16.0 Å². The monoisotopic (exact) mass is 344 g/mol. The van der Waals surface area contributed by atoms with Crippen LogP contribution < -0.4 is 0 Å². The first-order chi connectivity index (χ1) is 10.7. The fraction of sp³-hybridized carbons (Fsp3) is 0.500. The van der Waals surface area contributed by atoms with E-state index in [4.69, 9.17) is 4.55 Å². The van der Waals surface area contributed by atoms with E-state index in [9.17, 15) is 23.4 Å². The molecule has 9 heteroatoms. The second-order valence-electron chi connectivity index (χ2n) is 5.54. The van der Waals surface area contributed by atoms with Crippen LogP contribution in [0.15, 0.2) is 24.3 Å². The van der Waals surface area contributed by atoms with Gasteiger partial charge in [0.2, 0.25) is 0 Å². The standard InChI is InChI=1S/C14H20N2O6S/c17-12-3-1-11(2-4-12)14(19)16-7-5-15(6-8-16)9-13(18)10-23(20,21)22/h1-4,13,17-18H,5-10H2,(H,20,21,22). The first kappa shape index (κ1) is 17.7. The predicted octanol–water partition coefficient (Wildman–Crippen LogP) is -0.601. The molecule has 1 fully saturated rings. The van der Waals surface area contributed by atoms with Gasteiger partial charge in [-0.05, 0) is 24.3 Å². The number of nitrogens with zero attached hydrogens (tertiary/aromatic N) is 2. The number of β-amino-alcohol motifs (C(OH)–C–C–N with tert-alkyl or cyclic N) is 1. The Balaban J connectivity index is 1.84. The fourth-order valence-electron chi connectivity index (χ4n) is 2.51. The number of benzene rings is 1. The quantitative estimate of drug-likeness (QED) is 0.610. The van der Waals surface area contributed by atoms with Gasteiger partial charge in [-0.3, -0.25) is 14.2 Å². The number of hydrogen-bond acceptors (Lipinski definition) is 6. The lowest BCUT2D eigenvalue weighted by Gasteiger charge is -2.35. The summed E-state index contributed by atoms with van der Waals surface area (Å²) in [6.45, 7) is 2.05. The van der Waals surface area contributed by atoms with E-state index in [-0.39, 0.29) is 18.2 Å². The SMILES string of the molecule is O=C(c1ccc(O)cc1)N1CCN(CC(O)CS(=O)(=O)O)CC1. The number of aliphatic hydroxyl groups is 1. The Labute approximate surface area is 134 Å². The van der Waals surface area contributed by atoms with Gasteiger partial charge in [-0.15, -0.1) is 0 Å². The van der Waals surface area contributed by atoms with E-state index in [1.54, 1.807) is 17.0 Å². The summed E-state index contributed by atoms with van der Waals surface area (Å²) >= 11 is 0. The minimum atomic E-state index is -4.20. The van der Waals surface area contributed by atoms with Crippen molar-refractivity contribution in [3.8, 4) is 5.75 Å². The van der Waals surface area contributed by atoms with Crippen LogP contribution in [0.2, 0.25) is 0 Å². The Bertz CT molecular complexity index is 638. The van der Waals surface area contributed by atoms with Gasteiger partial charge >= 0.3 is 0 Å². The molecule has 1 aromatic carbocycles. The van der Waals surface area contributed by atoms with E-state index in [0.29, 0.717) is 31.7 Å². The summed E-state index contributed by atoms with van der Waals surface area (Å²) in [6, 6.07) is 6.02. The molecule has 1 saturated heterocycles. The van der Waals surface area contributed by atoms with Crippen LogP contribution in [0.25, 0.3) is 0 Å². The van der Waals surface area contributed by atoms with Crippen molar-refractivity contribution in [2.75, 3.05) is 38.5 Å². The first-order valence-corrected chi connectivity index (χ1v) is 8.79. The maximum atomic E-state index is 12.3. The van der Waals surface area contributed by atoms with Gasteiger partial charge in [0.15, 0.2) is 0 Å². The summed E-state index contributed by atoms with van der Waals surface area (Å²) in [4.78, 5) is 15.8. The summed E-state index contributed by atoms with van der Waals surface area (Å²) in [6.07, 6.45) is -1.16. The average molecular weight is 344 g/mol. The van der Waals surface area contributed by atoms with Crippen molar-refractivity contribution in [1.82, 2.24) is 9.80 Å². The van der Waals surface area contributed by atoms with Crippen LogP contribution in [0.3, 0.4) is 0 Å². The second-order valence-corrected chi connectivity index (χ2v) is 7.04. The van der Waals surface area contributed by atoms with E-state index >= 15 is 0 Å². The van der Waals surface area contributed by atoms with Crippen LogP contribution in [0.5, 0.6) is 5.75 Å². The van der Waals surface area contributed by atoms with Crippen molar-refractivity contribution in [1.29, 1.82) is 0 Å². The van der Waals surface area contributed by atoms with E-state index in [1.165, 1.54) is 12.1 Å². The molecule has 1 atom stereocenters. The van der Waals surface area contributed by atoms with Crippen LogP contribution in [-0.2, 0) is 10.1 Å². The Morgan fingerprint density at radius 2 is 1.70 bits per heavy atom. The van der Waals surface area contributed by atoms with Crippen LogP contribution in [0.1, 0.15) is 10.4 Å². The highest BCUT2D eigenvalue weighted by atomic mass is 32.2. The number of rotatable bonds is 5. The van der Waals surface area contributed by atoms with E-state index in [0.717, 1.165) is 0 Å². The smallest absolute Gasteiger partial charge is 0.267 e. The van der Waals surface area contributed by atoms with Crippen LogP contribution in [-0.4, -0.2) is 83.5 Å². The first-order valence-electron chi connectivity index (χ1n) is 7.18. The lowest BCUT2D eigenvalue weighted by molar-refractivity contribution is 0.0556. The molecule has 1 aliphatic rings. The molecule has 1 aliphatic heterocycles. The molecule has 1 heterocycles. The van der Waals surface area contributed by atoms with Gasteiger partial charge in [0.05, 0.1) is 6.10 Å². The van der Waals surface area contributed by atoms with Gasteiger partial charge in [-0.25, -0.2) is 0 Å². The Morgan fingerprint density at radius 3 is 2.22 bits per heavy atom. The molecule has 8 nitrogen and oxygen atoms in total. The minimum Gasteiger partial charge on any atom is -0.508 e. The third-order valence-corrected chi connectivity index (χ3v) is 4.45. The molecule has 3 N–H and O–H groups in total. The molecule has 23 heavy (non-hydrogen) atoms. The zero-order valence-electron chi connectivity index (χ0n) is 12.5.